The number of nitrogens with zero attached hydrogens (tertiary/aromatic N) is 3. The van der Waals surface area contributed by atoms with Gasteiger partial charge in [0.25, 0.3) is 0 Å². The molecule has 1 amide bonds. The molecular formula is C24H33N5O4S. The molecule has 1 aromatic heterocycles. The van der Waals surface area contributed by atoms with Gasteiger partial charge in [-0.2, -0.15) is 0 Å². The van der Waals surface area contributed by atoms with Crippen LogP contribution < -0.4 is 15.2 Å². The molecule has 184 valence electrons. The number of carbonyl (C=O) groups excluding carboxylic acids is 1. The minimum Gasteiger partial charge on any atom is -0.497 e. The van der Waals surface area contributed by atoms with Crippen molar-refractivity contribution in [2.24, 2.45) is 5.14 Å². The normalized spacial score (nSPS) is 12.8. The summed E-state index contributed by atoms with van der Waals surface area (Å²) in [4.78, 5) is 19.4. The molecule has 10 heteroatoms. The van der Waals surface area contributed by atoms with E-state index in [1.54, 1.807) is 13.2 Å². The molecule has 3 rings (SSSR count). The van der Waals surface area contributed by atoms with E-state index >= 15 is 0 Å². The number of methoxy groups -OCH3 is 1. The number of aryl methyl sites for hydroxylation is 2. The van der Waals surface area contributed by atoms with E-state index in [4.69, 9.17) is 9.88 Å². The van der Waals surface area contributed by atoms with E-state index in [9.17, 15) is 13.2 Å². The summed E-state index contributed by atoms with van der Waals surface area (Å²) < 4.78 is 30.8. The molecule has 3 N–H and O–H groups in total. The fourth-order valence-electron chi connectivity index (χ4n) is 3.97. The number of amides is 1. The van der Waals surface area contributed by atoms with Crippen molar-refractivity contribution < 1.29 is 17.9 Å². The molecule has 0 saturated carbocycles. The summed E-state index contributed by atoms with van der Waals surface area (Å²) in [6, 6.07) is 12.5. The van der Waals surface area contributed by atoms with Crippen molar-refractivity contribution in [2.45, 2.75) is 43.7 Å². The molecule has 34 heavy (non-hydrogen) atoms. The van der Waals surface area contributed by atoms with E-state index in [-0.39, 0.29) is 23.3 Å². The van der Waals surface area contributed by atoms with Gasteiger partial charge in [-0.3, -0.25) is 4.79 Å². The van der Waals surface area contributed by atoms with Gasteiger partial charge in [0.2, 0.25) is 15.9 Å². The van der Waals surface area contributed by atoms with Gasteiger partial charge < -0.3 is 19.5 Å². The standard InChI is InChI=1S/C24H33N5O4S/c1-5-13-29-21-10-9-19(34(25,31)32)15-20(21)27-23(29)11-12-24(30)26-16-22(28(2)3)17-7-6-8-18(14-17)33-4/h6-10,14-15,22H,5,11-13,16H2,1-4H3,(H,26,30)(H2,25,31,32). The van der Waals surface area contributed by atoms with Gasteiger partial charge in [-0.05, 0) is 56.4 Å². The number of sulfonamides is 1. The number of hydrogen-bond donors (Lipinski definition) is 2. The van der Waals surface area contributed by atoms with Crippen molar-refractivity contribution in [1.82, 2.24) is 19.8 Å². The monoisotopic (exact) mass is 487 g/mol. The first kappa shape index (κ1) is 25.7. The first-order valence-corrected chi connectivity index (χ1v) is 12.8. The number of carbonyl (C=O) groups is 1. The Morgan fingerprint density at radius 2 is 2.00 bits per heavy atom. The van der Waals surface area contributed by atoms with Gasteiger partial charge >= 0.3 is 0 Å². The number of aromatic nitrogens is 2. The maximum atomic E-state index is 12.7. The number of likely N-dealkylation sites (N-methyl/N-ethyl adjacent to an activating group) is 1. The minimum absolute atomic E-state index is 0.000323. The number of primary sulfonamides is 1. The van der Waals surface area contributed by atoms with Gasteiger partial charge in [-0.15, -0.1) is 0 Å². The van der Waals surface area contributed by atoms with Crippen LogP contribution in [0.3, 0.4) is 0 Å². The Hall–Kier alpha value is -2.95. The highest BCUT2D eigenvalue weighted by atomic mass is 32.2. The van der Waals surface area contributed by atoms with Crippen LogP contribution in [-0.4, -0.2) is 56.5 Å². The average Bonchev–Trinajstić information content (AvgIpc) is 3.14. The molecule has 0 saturated heterocycles. The number of fused-ring (bicyclic) bond motifs is 1. The molecule has 0 aliphatic heterocycles. The summed E-state index contributed by atoms with van der Waals surface area (Å²) >= 11 is 0. The number of imidazole rings is 1. The zero-order valence-corrected chi connectivity index (χ0v) is 20.9. The Balaban J connectivity index is 1.70. The van der Waals surface area contributed by atoms with Crippen LogP contribution in [0.1, 0.15) is 37.2 Å². The van der Waals surface area contributed by atoms with Crippen molar-refractivity contribution in [3.63, 3.8) is 0 Å². The smallest absolute Gasteiger partial charge is 0.238 e. The summed E-state index contributed by atoms with van der Waals surface area (Å²) in [5.41, 5.74) is 2.44. The average molecular weight is 488 g/mol. The molecular weight excluding hydrogens is 454 g/mol. The van der Waals surface area contributed by atoms with Crippen molar-refractivity contribution in [3.05, 3.63) is 53.9 Å². The van der Waals surface area contributed by atoms with Gasteiger partial charge in [0.05, 0.1) is 29.1 Å². The maximum absolute atomic E-state index is 12.7. The number of ether oxygens (including phenoxy) is 1. The lowest BCUT2D eigenvalue weighted by atomic mass is 10.1. The molecule has 0 spiro atoms. The number of nitrogens with two attached hydrogens (primary N) is 1. The number of hydrogen-bond acceptors (Lipinski definition) is 6. The maximum Gasteiger partial charge on any atom is 0.238 e. The van der Waals surface area contributed by atoms with E-state index in [0.717, 1.165) is 35.6 Å². The SMILES string of the molecule is CCCn1c(CCC(=O)NCC(c2cccc(OC)c2)N(C)C)nc2cc(S(N)(=O)=O)ccc21. The summed E-state index contributed by atoms with van der Waals surface area (Å²) in [5, 5.41) is 8.29. The summed E-state index contributed by atoms with van der Waals surface area (Å²) in [6.45, 7) is 3.24. The van der Waals surface area contributed by atoms with E-state index in [2.05, 4.69) is 22.1 Å². The van der Waals surface area contributed by atoms with Crippen LogP contribution in [-0.2, 0) is 27.8 Å². The molecule has 9 nitrogen and oxygen atoms in total. The lowest BCUT2D eigenvalue weighted by Gasteiger charge is -2.25. The van der Waals surface area contributed by atoms with Crippen molar-refractivity contribution in [2.75, 3.05) is 27.7 Å². The molecule has 0 radical (unpaired) electrons. The van der Waals surface area contributed by atoms with E-state index in [1.807, 2.05) is 42.9 Å². The number of rotatable bonds is 11. The number of benzene rings is 2. The number of nitrogens with one attached hydrogen (secondary N) is 1. The van der Waals surface area contributed by atoms with E-state index < -0.39 is 10.0 Å². The third-order valence-electron chi connectivity index (χ3n) is 5.74. The highest BCUT2D eigenvalue weighted by Crippen LogP contribution is 2.23. The quantitative estimate of drug-likeness (QED) is 0.429. The molecule has 1 atom stereocenters. The van der Waals surface area contributed by atoms with E-state index in [0.29, 0.717) is 18.5 Å². The highest BCUT2D eigenvalue weighted by molar-refractivity contribution is 7.89. The zero-order chi connectivity index (χ0) is 24.9. The Kier molecular flexibility index (Phi) is 8.29. The molecule has 0 aliphatic carbocycles. The first-order valence-electron chi connectivity index (χ1n) is 11.2. The Morgan fingerprint density at radius 1 is 1.24 bits per heavy atom. The van der Waals surface area contributed by atoms with Crippen LogP contribution in [0.25, 0.3) is 11.0 Å². The molecule has 2 aromatic carbocycles. The van der Waals surface area contributed by atoms with Gasteiger partial charge in [0.15, 0.2) is 0 Å². The fraction of sp³-hybridized carbons (Fsp3) is 0.417. The van der Waals surface area contributed by atoms with Crippen LogP contribution in [0.15, 0.2) is 47.4 Å². The second-order valence-corrected chi connectivity index (χ2v) is 10.00. The van der Waals surface area contributed by atoms with Crippen LogP contribution in [0, 0.1) is 0 Å². The van der Waals surface area contributed by atoms with E-state index in [1.165, 1.54) is 12.1 Å². The summed E-state index contributed by atoms with van der Waals surface area (Å²) in [6.07, 6.45) is 1.59. The summed E-state index contributed by atoms with van der Waals surface area (Å²) in [5.74, 6) is 1.45. The van der Waals surface area contributed by atoms with Gasteiger partial charge in [-0.1, -0.05) is 19.1 Å². The summed E-state index contributed by atoms with van der Waals surface area (Å²) in [7, 11) is 1.76. The molecule has 1 unspecified atom stereocenters. The Morgan fingerprint density at radius 3 is 2.65 bits per heavy atom. The molecule has 0 fully saturated rings. The van der Waals surface area contributed by atoms with Gasteiger partial charge in [0, 0.05) is 25.9 Å². The van der Waals surface area contributed by atoms with Crippen molar-refractivity contribution in [3.8, 4) is 5.75 Å². The second kappa shape index (κ2) is 11.0. The molecule has 0 bridgehead atoms. The lowest BCUT2D eigenvalue weighted by Crippen LogP contribution is -2.34. The van der Waals surface area contributed by atoms with Crippen LogP contribution in [0.2, 0.25) is 0 Å². The van der Waals surface area contributed by atoms with Crippen molar-refractivity contribution in [1.29, 1.82) is 0 Å². The predicted molar refractivity (Wildman–Crippen MR) is 132 cm³/mol. The first-order chi connectivity index (χ1) is 16.1. The second-order valence-electron chi connectivity index (χ2n) is 8.44. The zero-order valence-electron chi connectivity index (χ0n) is 20.1. The fourth-order valence-corrected chi connectivity index (χ4v) is 4.51. The molecule has 1 heterocycles. The third-order valence-corrected chi connectivity index (χ3v) is 6.66. The lowest BCUT2D eigenvalue weighted by molar-refractivity contribution is -0.121. The third kappa shape index (κ3) is 6.13. The topological polar surface area (TPSA) is 120 Å². The van der Waals surface area contributed by atoms with Crippen molar-refractivity contribution >= 4 is 27.0 Å². The molecule has 3 aromatic rings. The van der Waals surface area contributed by atoms with Crippen LogP contribution in [0.5, 0.6) is 5.75 Å². The molecule has 0 aliphatic rings. The highest BCUT2D eigenvalue weighted by Gasteiger charge is 2.18. The largest absolute Gasteiger partial charge is 0.497 e. The van der Waals surface area contributed by atoms with Gasteiger partial charge in [0.1, 0.15) is 11.6 Å². The predicted octanol–water partition coefficient (Wildman–Crippen LogP) is 2.45. The van der Waals surface area contributed by atoms with Crippen LogP contribution in [0.4, 0.5) is 0 Å². The minimum atomic E-state index is -3.81. The Labute approximate surface area is 201 Å². The van der Waals surface area contributed by atoms with Crippen LogP contribution >= 0.6 is 0 Å². The Bertz CT molecular complexity index is 1250. The van der Waals surface area contributed by atoms with Gasteiger partial charge in [-0.25, -0.2) is 18.5 Å².